The van der Waals surface area contributed by atoms with Crippen LogP contribution in [0.25, 0.3) is 0 Å². The average molecular weight is 469 g/mol. The fourth-order valence-electron chi connectivity index (χ4n) is 3.45. The first-order valence-electron chi connectivity index (χ1n) is 10.7. The Morgan fingerprint density at radius 1 is 0.765 bits per heavy atom. The summed E-state index contributed by atoms with van der Waals surface area (Å²) in [5, 5.41) is 21.7. The lowest BCUT2D eigenvalue weighted by Gasteiger charge is -2.31. The van der Waals surface area contributed by atoms with Crippen LogP contribution in [0.5, 0.6) is 11.5 Å². The highest BCUT2D eigenvalue weighted by Crippen LogP contribution is 2.26. The van der Waals surface area contributed by atoms with Gasteiger partial charge in [0.25, 0.3) is 0 Å². The molecule has 0 radical (unpaired) electrons. The van der Waals surface area contributed by atoms with Crippen molar-refractivity contribution in [3.8, 4) is 11.5 Å². The first-order valence-corrected chi connectivity index (χ1v) is 10.7. The van der Waals surface area contributed by atoms with Crippen molar-refractivity contribution in [2.45, 2.75) is 37.9 Å². The molecule has 0 bridgehead atoms. The van der Waals surface area contributed by atoms with E-state index >= 15 is 0 Å². The van der Waals surface area contributed by atoms with E-state index in [1.165, 1.54) is 26.0 Å². The highest BCUT2D eigenvalue weighted by molar-refractivity contribution is 5.94. The minimum atomic E-state index is -1.80. The van der Waals surface area contributed by atoms with Crippen LogP contribution < -0.4 is 9.47 Å². The Balaban J connectivity index is 1.96. The lowest BCUT2D eigenvalue weighted by atomic mass is 9.80. The number of aliphatic imine (C=N–C) groups is 2. The maximum atomic E-state index is 13.0. The third kappa shape index (κ3) is 8.39. The zero-order valence-corrected chi connectivity index (χ0v) is 19.2. The van der Waals surface area contributed by atoms with Crippen LogP contribution in [0.15, 0.2) is 58.5 Å². The summed E-state index contributed by atoms with van der Waals surface area (Å²) in [5.74, 6) is 0.428. The molecule has 0 aliphatic carbocycles. The lowest BCUT2D eigenvalue weighted by molar-refractivity contribution is -0.153. The molecule has 2 atom stereocenters. The van der Waals surface area contributed by atoms with E-state index in [1.54, 1.807) is 48.5 Å². The summed E-state index contributed by atoms with van der Waals surface area (Å²) >= 11 is 0. The Morgan fingerprint density at radius 3 is 1.44 bits per heavy atom. The van der Waals surface area contributed by atoms with Crippen molar-refractivity contribution in [3.63, 3.8) is 0 Å². The zero-order valence-electron chi connectivity index (χ0n) is 19.2. The molecule has 0 fully saturated rings. The molecule has 9 nitrogen and oxygen atoms in total. The minimum absolute atomic E-state index is 0.00769. The summed E-state index contributed by atoms with van der Waals surface area (Å²) in [4.78, 5) is 39.9. The summed E-state index contributed by atoms with van der Waals surface area (Å²) in [6.07, 6.45) is 2.89. The van der Waals surface area contributed by atoms with Crippen molar-refractivity contribution in [2.75, 3.05) is 26.3 Å². The van der Waals surface area contributed by atoms with Gasteiger partial charge in [-0.25, -0.2) is 19.6 Å². The van der Waals surface area contributed by atoms with Gasteiger partial charge in [-0.15, -0.1) is 0 Å². The van der Waals surface area contributed by atoms with Crippen LogP contribution in [-0.2, 0) is 27.2 Å². The number of ketones is 1. The number of hydrogen-bond donors (Lipinski definition) is 2. The Morgan fingerprint density at radius 2 is 1.12 bits per heavy atom. The second-order valence-corrected chi connectivity index (χ2v) is 8.16. The van der Waals surface area contributed by atoms with E-state index in [0.29, 0.717) is 22.6 Å². The number of aliphatic hydroxyl groups is 2. The molecule has 0 heterocycles. The number of carbonyl (C=O) groups excluding carboxylic acids is 3. The van der Waals surface area contributed by atoms with E-state index in [0.717, 1.165) is 0 Å². The molecule has 2 rings (SSSR count). The SMILES string of the molecule is CC(O)(Cc1ccc(OCCN=C=O)cc1)C(=O)C(C)(O)Cc1ccc(OCCN=C=O)cc1. The van der Waals surface area contributed by atoms with Crippen molar-refractivity contribution < 1.29 is 34.1 Å². The largest absolute Gasteiger partial charge is 0.492 e. The smallest absolute Gasteiger partial charge is 0.235 e. The molecule has 0 spiro atoms. The number of nitrogens with zero attached hydrogens (tertiary/aromatic N) is 2. The summed E-state index contributed by atoms with van der Waals surface area (Å²) < 4.78 is 10.9. The van der Waals surface area contributed by atoms with Gasteiger partial charge in [-0.3, -0.25) is 4.79 Å². The molecule has 0 aromatic heterocycles. The molecule has 180 valence electrons. The predicted octanol–water partition coefficient (Wildman–Crippen LogP) is 1.97. The van der Waals surface area contributed by atoms with E-state index in [-0.39, 0.29) is 39.1 Å². The third-order valence-corrected chi connectivity index (χ3v) is 4.99. The van der Waals surface area contributed by atoms with Gasteiger partial charge < -0.3 is 19.7 Å². The number of rotatable bonds is 14. The molecule has 9 heteroatoms. The zero-order chi connectivity index (χ0) is 25.0. The molecule has 0 saturated carbocycles. The van der Waals surface area contributed by atoms with Crippen molar-refractivity contribution in [1.82, 2.24) is 0 Å². The number of ether oxygens (including phenoxy) is 2. The molecule has 2 unspecified atom stereocenters. The minimum Gasteiger partial charge on any atom is -0.492 e. The number of Topliss-reactive ketones (excluding diaryl/α,β-unsaturated/α-hetero) is 1. The molecule has 0 saturated heterocycles. The van der Waals surface area contributed by atoms with Crippen LogP contribution in [0, 0.1) is 0 Å². The molecule has 0 amide bonds. The van der Waals surface area contributed by atoms with E-state index in [4.69, 9.17) is 9.47 Å². The summed E-state index contributed by atoms with van der Waals surface area (Å²) in [5.41, 5.74) is -2.22. The Bertz CT molecular complexity index is 950. The van der Waals surface area contributed by atoms with Gasteiger partial charge >= 0.3 is 0 Å². The standard InChI is InChI=1S/C25H28N2O7/c1-24(31,15-19-3-7-21(8-4-19)33-13-11-26-17-28)23(30)25(2,32)16-20-5-9-22(10-6-20)34-14-12-27-18-29/h3-10,31-32H,11-16H2,1-2H3. The van der Waals surface area contributed by atoms with Gasteiger partial charge in [0.05, 0.1) is 13.1 Å². The number of carbonyl (C=O) groups is 1. The Labute approximate surface area is 197 Å². The predicted molar refractivity (Wildman–Crippen MR) is 124 cm³/mol. The van der Waals surface area contributed by atoms with Crippen LogP contribution in [0.3, 0.4) is 0 Å². The fraction of sp³-hybridized carbons (Fsp3) is 0.400. The maximum absolute atomic E-state index is 13.0. The van der Waals surface area contributed by atoms with Crippen molar-refractivity contribution in [3.05, 3.63) is 59.7 Å². The maximum Gasteiger partial charge on any atom is 0.235 e. The van der Waals surface area contributed by atoms with Gasteiger partial charge in [0.15, 0.2) is 5.78 Å². The molecular weight excluding hydrogens is 440 g/mol. The first kappa shape index (κ1) is 26.6. The second kappa shape index (κ2) is 12.6. The van der Waals surface area contributed by atoms with E-state index in [2.05, 4.69) is 9.98 Å². The van der Waals surface area contributed by atoms with Crippen LogP contribution >= 0.6 is 0 Å². The van der Waals surface area contributed by atoms with Gasteiger partial charge in [0, 0.05) is 12.8 Å². The van der Waals surface area contributed by atoms with Crippen LogP contribution in [0.1, 0.15) is 25.0 Å². The topological polar surface area (TPSA) is 135 Å². The summed E-state index contributed by atoms with van der Waals surface area (Å²) in [6, 6.07) is 13.6. The summed E-state index contributed by atoms with van der Waals surface area (Å²) in [7, 11) is 0. The van der Waals surface area contributed by atoms with Gasteiger partial charge in [-0.1, -0.05) is 24.3 Å². The monoisotopic (exact) mass is 468 g/mol. The number of isocyanates is 2. The van der Waals surface area contributed by atoms with Gasteiger partial charge in [-0.05, 0) is 49.2 Å². The summed E-state index contributed by atoms with van der Waals surface area (Å²) in [6.45, 7) is 3.63. The molecule has 0 aliphatic rings. The average Bonchev–Trinajstić information content (AvgIpc) is 2.81. The van der Waals surface area contributed by atoms with Gasteiger partial charge in [0.2, 0.25) is 12.2 Å². The van der Waals surface area contributed by atoms with Crippen molar-refractivity contribution >= 4 is 17.9 Å². The second-order valence-electron chi connectivity index (χ2n) is 8.16. The molecular formula is C25H28N2O7. The quantitative estimate of drug-likeness (QED) is 0.246. The lowest BCUT2D eigenvalue weighted by Crippen LogP contribution is -2.52. The first-order chi connectivity index (χ1) is 16.2. The third-order valence-electron chi connectivity index (χ3n) is 4.99. The van der Waals surface area contributed by atoms with Crippen molar-refractivity contribution in [1.29, 1.82) is 0 Å². The van der Waals surface area contributed by atoms with E-state index in [1.807, 2.05) is 0 Å². The molecule has 2 aromatic rings. The molecule has 34 heavy (non-hydrogen) atoms. The highest BCUT2D eigenvalue weighted by atomic mass is 16.5. The van der Waals surface area contributed by atoms with Crippen LogP contribution in [0.4, 0.5) is 0 Å². The van der Waals surface area contributed by atoms with Crippen LogP contribution in [0.2, 0.25) is 0 Å². The Kier molecular flexibility index (Phi) is 9.86. The van der Waals surface area contributed by atoms with Crippen molar-refractivity contribution in [2.24, 2.45) is 9.98 Å². The number of benzene rings is 2. The Hall–Kier alpha value is -3.61. The van der Waals surface area contributed by atoms with E-state index in [9.17, 15) is 24.6 Å². The van der Waals surface area contributed by atoms with E-state index < -0.39 is 17.0 Å². The van der Waals surface area contributed by atoms with Gasteiger partial charge in [-0.2, -0.15) is 0 Å². The molecule has 2 aromatic carbocycles. The molecule has 0 aliphatic heterocycles. The van der Waals surface area contributed by atoms with Gasteiger partial charge in [0.1, 0.15) is 35.9 Å². The van der Waals surface area contributed by atoms with Crippen LogP contribution in [-0.4, -0.2) is 65.7 Å². The normalized spacial score (nSPS) is 14.0. The fourth-order valence-corrected chi connectivity index (χ4v) is 3.45. The molecule has 2 N–H and O–H groups in total. The number of hydrogen-bond acceptors (Lipinski definition) is 9. The highest BCUT2D eigenvalue weighted by Gasteiger charge is 2.42.